The second-order valence-electron chi connectivity index (χ2n) is 8.90. The molecule has 0 aliphatic carbocycles. The van der Waals surface area contributed by atoms with Crippen LogP contribution in [0.2, 0.25) is 25.7 Å². The van der Waals surface area contributed by atoms with Crippen LogP contribution in [0.1, 0.15) is 39.1 Å². The number of ether oxygens (including phenoxy) is 1. The van der Waals surface area contributed by atoms with Crippen LogP contribution in [0, 0.1) is 18.3 Å². The van der Waals surface area contributed by atoms with Crippen LogP contribution in [-0.2, 0) is 20.8 Å². The maximum Gasteiger partial charge on any atom is 0.499 e. The SMILES string of the molecule is Cc1c(B2OC(C)(C)C(C)(C)O2)c(C#N)nn1COCC[Si](C)(C)C. The minimum atomic E-state index is -1.12. The molecule has 0 aromatic carbocycles. The summed E-state index contributed by atoms with van der Waals surface area (Å²) in [5.74, 6) is 0. The fraction of sp³-hybridized carbons (Fsp3) is 0.765. The third-order valence-corrected chi connectivity index (χ3v) is 6.76. The van der Waals surface area contributed by atoms with E-state index in [1.54, 1.807) is 4.68 Å². The maximum absolute atomic E-state index is 9.48. The molecule has 0 amide bonds. The highest BCUT2D eigenvalue weighted by Gasteiger charge is 2.53. The predicted molar refractivity (Wildman–Crippen MR) is 102 cm³/mol. The first-order valence-electron chi connectivity index (χ1n) is 8.79. The summed E-state index contributed by atoms with van der Waals surface area (Å²) in [6.45, 7) is 17.9. The zero-order valence-electron chi connectivity index (χ0n) is 16.8. The number of nitrogens with zero attached hydrogens (tertiary/aromatic N) is 3. The fourth-order valence-corrected chi connectivity index (χ4v) is 3.30. The van der Waals surface area contributed by atoms with Gasteiger partial charge in [-0.15, -0.1) is 0 Å². The first-order chi connectivity index (χ1) is 11.4. The van der Waals surface area contributed by atoms with Gasteiger partial charge in [0.15, 0.2) is 5.69 Å². The molecule has 1 aromatic rings. The van der Waals surface area contributed by atoms with E-state index in [4.69, 9.17) is 14.0 Å². The molecule has 6 nitrogen and oxygen atoms in total. The lowest BCUT2D eigenvalue weighted by Crippen LogP contribution is -2.41. The van der Waals surface area contributed by atoms with Gasteiger partial charge in [-0.1, -0.05) is 19.6 Å². The lowest BCUT2D eigenvalue weighted by Gasteiger charge is -2.32. The van der Waals surface area contributed by atoms with Gasteiger partial charge >= 0.3 is 7.12 Å². The van der Waals surface area contributed by atoms with Crippen LogP contribution in [-0.4, -0.2) is 42.8 Å². The highest BCUT2D eigenvalue weighted by atomic mass is 28.3. The van der Waals surface area contributed by atoms with Crippen molar-refractivity contribution in [3.8, 4) is 6.07 Å². The second kappa shape index (κ2) is 6.88. The zero-order valence-corrected chi connectivity index (χ0v) is 17.8. The molecule has 1 aliphatic rings. The zero-order chi connectivity index (χ0) is 19.0. The number of hydrogen-bond donors (Lipinski definition) is 0. The molecule has 0 atom stereocenters. The standard InChI is InChI=1S/C17H30BN3O3Si/c1-13-15(18-23-16(2,3)17(4,5)24-18)14(11-19)20-21(13)12-22-9-10-25(6,7)8/h9-10,12H2,1-8H3. The smallest absolute Gasteiger partial charge is 0.399 e. The fourth-order valence-electron chi connectivity index (χ4n) is 2.54. The molecule has 1 aliphatic heterocycles. The molecular weight excluding hydrogens is 333 g/mol. The van der Waals surface area contributed by atoms with E-state index in [0.717, 1.165) is 11.7 Å². The molecule has 2 rings (SSSR count). The van der Waals surface area contributed by atoms with Gasteiger partial charge in [0.2, 0.25) is 0 Å². The molecule has 0 N–H and O–H groups in total. The summed E-state index contributed by atoms with van der Waals surface area (Å²) in [5, 5.41) is 13.9. The molecule has 0 saturated carbocycles. The summed E-state index contributed by atoms with van der Waals surface area (Å²) >= 11 is 0. The van der Waals surface area contributed by atoms with Crippen molar-refractivity contribution in [1.82, 2.24) is 9.78 Å². The number of rotatable bonds is 6. The molecule has 0 bridgehead atoms. The van der Waals surface area contributed by atoms with Crippen LogP contribution in [0.4, 0.5) is 0 Å². The van der Waals surface area contributed by atoms with E-state index in [-0.39, 0.29) is 0 Å². The van der Waals surface area contributed by atoms with E-state index in [2.05, 4.69) is 30.8 Å². The van der Waals surface area contributed by atoms with Gasteiger partial charge in [0.1, 0.15) is 12.8 Å². The molecule has 138 valence electrons. The second-order valence-corrected chi connectivity index (χ2v) is 14.5. The highest BCUT2D eigenvalue weighted by Crippen LogP contribution is 2.36. The van der Waals surface area contributed by atoms with Crippen molar-refractivity contribution < 1.29 is 14.0 Å². The Morgan fingerprint density at radius 2 is 1.76 bits per heavy atom. The Kier molecular flexibility index (Phi) is 5.55. The minimum absolute atomic E-state index is 0.338. The van der Waals surface area contributed by atoms with Crippen molar-refractivity contribution in [3.63, 3.8) is 0 Å². The topological polar surface area (TPSA) is 69.3 Å². The Balaban J connectivity index is 2.16. The highest BCUT2D eigenvalue weighted by molar-refractivity contribution is 6.76. The van der Waals surface area contributed by atoms with E-state index in [0.29, 0.717) is 24.5 Å². The molecule has 1 aromatic heterocycles. The molecule has 1 fully saturated rings. The molecule has 8 heteroatoms. The van der Waals surface area contributed by atoms with Crippen LogP contribution < -0.4 is 5.46 Å². The summed E-state index contributed by atoms with van der Waals surface area (Å²) in [6, 6.07) is 3.26. The largest absolute Gasteiger partial charge is 0.499 e. The molecule has 1 saturated heterocycles. The van der Waals surface area contributed by atoms with E-state index in [1.807, 2.05) is 34.6 Å². The Morgan fingerprint density at radius 3 is 2.24 bits per heavy atom. The Bertz CT molecular complexity index is 658. The molecule has 0 unspecified atom stereocenters. The van der Waals surface area contributed by atoms with Crippen molar-refractivity contribution in [2.24, 2.45) is 0 Å². The van der Waals surface area contributed by atoms with E-state index < -0.39 is 26.4 Å². The normalized spacial score (nSPS) is 19.2. The van der Waals surface area contributed by atoms with Crippen LogP contribution in [0.25, 0.3) is 0 Å². The lowest BCUT2D eigenvalue weighted by atomic mass is 9.77. The summed E-state index contributed by atoms with van der Waals surface area (Å²) < 4.78 is 19.7. The lowest BCUT2D eigenvalue weighted by molar-refractivity contribution is 0.00578. The van der Waals surface area contributed by atoms with E-state index in [9.17, 15) is 5.26 Å². The number of hydrogen-bond acceptors (Lipinski definition) is 5. The number of aromatic nitrogens is 2. The number of nitriles is 1. The minimum Gasteiger partial charge on any atom is -0.399 e. The first-order valence-corrected chi connectivity index (χ1v) is 12.5. The molecule has 0 spiro atoms. The molecule has 2 heterocycles. The van der Waals surface area contributed by atoms with Crippen molar-refractivity contribution in [3.05, 3.63) is 11.4 Å². The average Bonchev–Trinajstić information content (AvgIpc) is 2.87. The van der Waals surface area contributed by atoms with Gasteiger partial charge in [0, 0.05) is 25.8 Å². The van der Waals surface area contributed by atoms with Crippen molar-refractivity contribution in [2.45, 2.75) is 78.2 Å². The van der Waals surface area contributed by atoms with E-state index in [1.165, 1.54) is 0 Å². The van der Waals surface area contributed by atoms with Crippen molar-refractivity contribution in [2.75, 3.05) is 6.61 Å². The van der Waals surface area contributed by atoms with Gasteiger partial charge in [-0.25, -0.2) is 4.68 Å². The Morgan fingerprint density at radius 1 is 1.20 bits per heavy atom. The molecular formula is C17H30BN3O3Si. The molecule has 0 radical (unpaired) electrons. The van der Waals surface area contributed by atoms with Gasteiger partial charge in [-0.3, -0.25) is 0 Å². The van der Waals surface area contributed by atoms with Crippen molar-refractivity contribution in [1.29, 1.82) is 5.26 Å². The van der Waals surface area contributed by atoms with E-state index >= 15 is 0 Å². The summed E-state index contributed by atoms with van der Waals surface area (Å²) in [7, 11) is -1.71. The summed E-state index contributed by atoms with van der Waals surface area (Å²) in [6.07, 6.45) is 0. The monoisotopic (exact) mass is 363 g/mol. The molecule has 25 heavy (non-hydrogen) atoms. The Labute approximate surface area is 152 Å². The van der Waals surface area contributed by atoms with Gasteiger partial charge in [-0.05, 0) is 40.7 Å². The maximum atomic E-state index is 9.48. The predicted octanol–water partition coefficient (Wildman–Crippen LogP) is 2.67. The van der Waals surface area contributed by atoms with Crippen LogP contribution in [0.5, 0.6) is 0 Å². The summed E-state index contributed by atoms with van der Waals surface area (Å²) in [4.78, 5) is 0. The van der Waals surface area contributed by atoms with Gasteiger partial charge in [0.05, 0.1) is 11.2 Å². The van der Waals surface area contributed by atoms with Gasteiger partial charge in [0.25, 0.3) is 0 Å². The van der Waals surface area contributed by atoms with Crippen LogP contribution >= 0.6 is 0 Å². The Hall–Kier alpha value is -1.14. The quantitative estimate of drug-likeness (QED) is 0.574. The first kappa shape index (κ1) is 20.2. The van der Waals surface area contributed by atoms with Gasteiger partial charge in [-0.2, -0.15) is 10.4 Å². The third-order valence-electron chi connectivity index (χ3n) is 5.06. The van der Waals surface area contributed by atoms with Crippen LogP contribution in [0.3, 0.4) is 0 Å². The summed E-state index contributed by atoms with van der Waals surface area (Å²) in [5.41, 5.74) is 0.988. The van der Waals surface area contributed by atoms with Crippen molar-refractivity contribution >= 4 is 20.7 Å². The average molecular weight is 363 g/mol. The van der Waals surface area contributed by atoms with Gasteiger partial charge < -0.3 is 14.0 Å². The van der Waals surface area contributed by atoms with Crippen LogP contribution in [0.15, 0.2) is 0 Å². The third kappa shape index (κ3) is 4.34.